The molecule has 1 rings (SSSR count). The molecule has 5 heteroatoms. The third kappa shape index (κ3) is 5.76. The first-order valence-corrected chi connectivity index (χ1v) is 9.68. The average Bonchev–Trinajstić information content (AvgIpc) is 2.13. The number of nitrogens with one attached hydrogen (secondary N) is 1. The molecule has 0 aliphatic carbocycles. The van der Waals surface area contributed by atoms with E-state index in [4.69, 9.17) is 33.2 Å². The van der Waals surface area contributed by atoms with Gasteiger partial charge in [-0.3, -0.25) is 0 Å². The maximum absolute atomic E-state index is 5.76. The molecule has 0 radical (unpaired) electrons. The highest BCUT2D eigenvalue weighted by Crippen LogP contribution is 2.26. The van der Waals surface area contributed by atoms with Crippen molar-refractivity contribution in [3.05, 3.63) is 30.3 Å². The Balaban J connectivity index is 2.17. The first kappa shape index (κ1) is 12.2. The Morgan fingerprint density at radius 3 is 2.29 bits per heavy atom. The lowest BCUT2D eigenvalue weighted by Crippen LogP contribution is -2.11. The second-order valence-corrected chi connectivity index (χ2v) is 12.3. The number of hydrogen-bond donors (Lipinski definition) is 1. The Labute approximate surface area is 99.5 Å². The van der Waals surface area contributed by atoms with Gasteiger partial charge in [0.25, 0.3) is 0 Å². The molecule has 1 nitrogen and oxygen atoms in total. The number of benzene rings is 1. The van der Waals surface area contributed by atoms with Crippen LogP contribution in [0.25, 0.3) is 0 Å². The molecule has 0 aromatic heterocycles. The monoisotopic (exact) mass is 267 g/mol. The van der Waals surface area contributed by atoms with E-state index in [1.165, 1.54) is 0 Å². The summed E-state index contributed by atoms with van der Waals surface area (Å²) in [6.07, 6.45) is 0.900. The van der Waals surface area contributed by atoms with Gasteiger partial charge in [-0.25, -0.2) is 0 Å². The minimum atomic E-state index is -2.42. The van der Waals surface area contributed by atoms with Crippen LogP contribution in [0, 0.1) is 0 Å². The predicted molar refractivity (Wildman–Crippen MR) is 67.7 cm³/mol. The van der Waals surface area contributed by atoms with E-state index in [0.717, 1.165) is 18.7 Å². The molecule has 0 aliphatic heterocycles. The summed E-state index contributed by atoms with van der Waals surface area (Å²) in [7, 11) is 0. The summed E-state index contributed by atoms with van der Waals surface area (Å²) in [5.41, 5.74) is 1.11. The summed E-state index contributed by atoms with van der Waals surface area (Å²) in [4.78, 5) is 0. The topological polar surface area (TPSA) is 12.0 Å². The van der Waals surface area contributed by atoms with Gasteiger partial charge in [-0.1, -0.05) is 18.2 Å². The number of hydrogen-bond acceptors (Lipinski definition) is 1. The number of halogens is 3. The molecular weight excluding hydrogens is 257 g/mol. The van der Waals surface area contributed by atoms with Crippen LogP contribution < -0.4 is 5.32 Å². The van der Waals surface area contributed by atoms with E-state index in [9.17, 15) is 0 Å². The van der Waals surface area contributed by atoms with E-state index in [-0.39, 0.29) is 0 Å². The zero-order chi connectivity index (χ0) is 10.4. The van der Waals surface area contributed by atoms with Gasteiger partial charge in [0.2, 0.25) is 0 Å². The van der Waals surface area contributed by atoms with E-state index in [1.807, 2.05) is 30.3 Å². The second kappa shape index (κ2) is 5.86. The molecule has 0 aliphatic rings. The lowest BCUT2D eigenvalue weighted by atomic mass is 10.3. The van der Waals surface area contributed by atoms with Crippen LogP contribution >= 0.6 is 33.2 Å². The molecular formula is C9H12Cl3NSi. The normalized spacial score (nSPS) is 11.4. The van der Waals surface area contributed by atoms with Gasteiger partial charge in [-0.2, -0.15) is 0 Å². The number of rotatable bonds is 5. The van der Waals surface area contributed by atoms with Gasteiger partial charge in [0, 0.05) is 12.2 Å². The fourth-order valence-electron chi connectivity index (χ4n) is 1.08. The Kier molecular flexibility index (Phi) is 5.10. The molecule has 0 spiro atoms. The molecule has 0 bridgehead atoms. The van der Waals surface area contributed by atoms with E-state index >= 15 is 0 Å². The van der Waals surface area contributed by atoms with Crippen molar-refractivity contribution in [2.24, 2.45) is 0 Å². The van der Waals surface area contributed by atoms with Crippen LogP contribution in [0.2, 0.25) is 6.04 Å². The second-order valence-electron chi connectivity index (χ2n) is 3.01. The van der Waals surface area contributed by atoms with E-state index in [2.05, 4.69) is 5.32 Å². The highest BCUT2D eigenvalue weighted by molar-refractivity contribution is 7.64. The number of anilines is 1. The summed E-state index contributed by atoms with van der Waals surface area (Å²) in [5.74, 6) is 0. The lowest BCUT2D eigenvalue weighted by Gasteiger charge is -2.08. The van der Waals surface area contributed by atoms with Crippen LogP contribution in [0.1, 0.15) is 6.42 Å². The molecule has 0 fully saturated rings. The minimum Gasteiger partial charge on any atom is -0.385 e. The summed E-state index contributed by atoms with van der Waals surface area (Å²) < 4.78 is 0. The zero-order valence-corrected chi connectivity index (χ0v) is 10.9. The summed E-state index contributed by atoms with van der Waals surface area (Å²) in [5, 5.41) is 3.26. The third-order valence-corrected chi connectivity index (χ3v) is 4.36. The number of para-hydroxylation sites is 1. The molecule has 1 N–H and O–H groups in total. The van der Waals surface area contributed by atoms with Crippen LogP contribution in [-0.2, 0) is 0 Å². The highest BCUT2D eigenvalue weighted by Gasteiger charge is 2.23. The van der Waals surface area contributed by atoms with E-state index in [1.54, 1.807) is 0 Å². The van der Waals surface area contributed by atoms with Crippen LogP contribution in [0.5, 0.6) is 0 Å². The molecule has 0 amide bonds. The fraction of sp³-hybridized carbons (Fsp3) is 0.333. The van der Waals surface area contributed by atoms with Crippen molar-refractivity contribution in [3.63, 3.8) is 0 Å². The van der Waals surface area contributed by atoms with E-state index < -0.39 is 6.00 Å². The Morgan fingerprint density at radius 1 is 1.07 bits per heavy atom. The summed E-state index contributed by atoms with van der Waals surface area (Å²) >= 11 is 17.3. The van der Waals surface area contributed by atoms with Gasteiger partial charge in [-0.05, 0) is 24.6 Å². The zero-order valence-electron chi connectivity index (χ0n) is 7.64. The van der Waals surface area contributed by atoms with Crippen molar-refractivity contribution in [2.75, 3.05) is 11.9 Å². The van der Waals surface area contributed by atoms with Crippen LogP contribution in [0.15, 0.2) is 30.3 Å². The average molecular weight is 269 g/mol. The Hall–Kier alpha value is 0.107. The van der Waals surface area contributed by atoms with Gasteiger partial charge in [0.15, 0.2) is 0 Å². The first-order chi connectivity index (χ1) is 6.58. The standard InChI is InChI=1S/C9H12Cl3NSi/c10-14(11,12)8-4-7-13-9-5-2-1-3-6-9/h1-3,5-6,13H,4,7-8H2. The predicted octanol–water partition coefficient (Wildman–Crippen LogP) is 4.14. The van der Waals surface area contributed by atoms with Crippen LogP contribution in [0.4, 0.5) is 5.69 Å². The van der Waals surface area contributed by atoms with Gasteiger partial charge in [0.05, 0.1) is 0 Å². The summed E-state index contributed by atoms with van der Waals surface area (Å²) in [6, 6.07) is 8.30. The SMILES string of the molecule is Cl[Si](Cl)(Cl)CCCNc1ccccc1. The molecule has 0 saturated heterocycles. The highest BCUT2D eigenvalue weighted by atomic mass is 35.8. The van der Waals surface area contributed by atoms with Crippen molar-refractivity contribution in [1.82, 2.24) is 0 Å². The van der Waals surface area contributed by atoms with Crippen LogP contribution in [-0.4, -0.2) is 12.5 Å². The first-order valence-electron chi connectivity index (χ1n) is 4.43. The van der Waals surface area contributed by atoms with Gasteiger partial charge in [-0.15, -0.1) is 33.2 Å². The molecule has 1 aromatic carbocycles. The van der Waals surface area contributed by atoms with Crippen LogP contribution in [0.3, 0.4) is 0 Å². The molecule has 0 atom stereocenters. The molecule has 0 saturated carbocycles. The Morgan fingerprint density at radius 2 is 1.71 bits per heavy atom. The third-order valence-electron chi connectivity index (χ3n) is 1.74. The fourth-order valence-corrected chi connectivity index (χ4v) is 2.86. The Bertz CT molecular complexity index is 261. The lowest BCUT2D eigenvalue weighted by molar-refractivity contribution is 0.971. The quantitative estimate of drug-likeness (QED) is 0.481. The van der Waals surface area contributed by atoms with Crippen molar-refractivity contribution in [3.8, 4) is 0 Å². The molecule has 78 valence electrons. The minimum absolute atomic E-state index is 0.706. The molecule has 0 heterocycles. The van der Waals surface area contributed by atoms with Crippen molar-refractivity contribution in [1.29, 1.82) is 0 Å². The largest absolute Gasteiger partial charge is 0.385 e. The van der Waals surface area contributed by atoms with Gasteiger partial charge < -0.3 is 5.32 Å². The molecule has 14 heavy (non-hydrogen) atoms. The molecule has 0 unspecified atom stereocenters. The van der Waals surface area contributed by atoms with Crippen molar-refractivity contribution in [2.45, 2.75) is 12.5 Å². The van der Waals surface area contributed by atoms with Crippen molar-refractivity contribution < 1.29 is 0 Å². The van der Waals surface area contributed by atoms with E-state index in [0.29, 0.717) is 6.04 Å². The van der Waals surface area contributed by atoms with Crippen molar-refractivity contribution >= 4 is 44.9 Å². The maximum atomic E-state index is 5.76. The van der Waals surface area contributed by atoms with Gasteiger partial charge in [0.1, 0.15) is 0 Å². The van der Waals surface area contributed by atoms with Gasteiger partial charge >= 0.3 is 6.00 Å². The maximum Gasteiger partial charge on any atom is 0.341 e. The summed E-state index contributed by atoms with van der Waals surface area (Å²) in [6.45, 7) is 0.852. The molecule has 1 aromatic rings. The smallest absolute Gasteiger partial charge is 0.341 e.